The molecule has 5 heteroatoms. The Morgan fingerprint density at radius 2 is 1.67 bits per heavy atom. The number of hydrogen-bond donors (Lipinski definition) is 1. The van der Waals surface area contributed by atoms with Crippen molar-refractivity contribution in [3.8, 4) is 0 Å². The van der Waals surface area contributed by atoms with Crippen LogP contribution in [-0.2, 0) is 9.59 Å². The summed E-state index contributed by atoms with van der Waals surface area (Å²) in [4.78, 5) is 29.4. The largest absolute Gasteiger partial charge is 0.353 e. The number of rotatable bonds is 6. The number of piperidine rings is 2. The SMILES string of the molecule is CC(C)=CCN1CCC(NC(=O)C2CCN(C(=O)/C=C/c3ccccc3)CC2)CC1. The Morgan fingerprint density at radius 1 is 1.00 bits per heavy atom. The highest BCUT2D eigenvalue weighted by atomic mass is 16.2. The van der Waals surface area contributed by atoms with Crippen molar-refractivity contribution in [2.75, 3.05) is 32.7 Å². The number of amides is 2. The van der Waals surface area contributed by atoms with E-state index < -0.39 is 0 Å². The molecule has 1 aromatic carbocycles. The summed E-state index contributed by atoms with van der Waals surface area (Å²) in [5, 5.41) is 3.27. The van der Waals surface area contributed by atoms with E-state index in [0.717, 1.165) is 50.9 Å². The molecule has 1 aromatic rings. The predicted molar refractivity (Wildman–Crippen MR) is 122 cm³/mol. The number of carbonyl (C=O) groups is 2. The van der Waals surface area contributed by atoms with Crippen molar-refractivity contribution in [3.63, 3.8) is 0 Å². The second kappa shape index (κ2) is 11.1. The van der Waals surface area contributed by atoms with E-state index in [0.29, 0.717) is 13.1 Å². The van der Waals surface area contributed by atoms with Crippen molar-refractivity contribution in [2.45, 2.75) is 45.6 Å². The van der Waals surface area contributed by atoms with Crippen LogP contribution in [0.3, 0.4) is 0 Å². The van der Waals surface area contributed by atoms with Gasteiger partial charge < -0.3 is 10.2 Å². The topological polar surface area (TPSA) is 52.7 Å². The van der Waals surface area contributed by atoms with Gasteiger partial charge in [-0.3, -0.25) is 14.5 Å². The molecule has 2 amide bonds. The second-order valence-corrected chi connectivity index (χ2v) is 8.71. The molecule has 2 aliphatic heterocycles. The van der Waals surface area contributed by atoms with E-state index in [1.165, 1.54) is 5.57 Å². The summed E-state index contributed by atoms with van der Waals surface area (Å²) in [7, 11) is 0. The summed E-state index contributed by atoms with van der Waals surface area (Å²) in [6.07, 6.45) is 9.28. The van der Waals surface area contributed by atoms with E-state index in [4.69, 9.17) is 0 Å². The molecule has 0 unspecified atom stereocenters. The summed E-state index contributed by atoms with van der Waals surface area (Å²) in [6.45, 7) is 8.64. The monoisotopic (exact) mass is 409 g/mol. The zero-order chi connectivity index (χ0) is 21.3. The summed E-state index contributed by atoms with van der Waals surface area (Å²) < 4.78 is 0. The third-order valence-electron chi connectivity index (χ3n) is 6.09. The van der Waals surface area contributed by atoms with E-state index in [1.807, 2.05) is 41.3 Å². The second-order valence-electron chi connectivity index (χ2n) is 8.71. The number of hydrogen-bond acceptors (Lipinski definition) is 3. The van der Waals surface area contributed by atoms with Crippen molar-refractivity contribution in [1.29, 1.82) is 0 Å². The Bertz CT molecular complexity index is 752. The zero-order valence-electron chi connectivity index (χ0n) is 18.3. The first kappa shape index (κ1) is 22.3. The number of likely N-dealkylation sites (tertiary alicyclic amines) is 2. The zero-order valence-corrected chi connectivity index (χ0v) is 18.3. The van der Waals surface area contributed by atoms with Crippen LogP contribution < -0.4 is 5.32 Å². The molecule has 0 aromatic heterocycles. The van der Waals surface area contributed by atoms with Crippen LogP contribution in [-0.4, -0.2) is 60.4 Å². The molecule has 3 rings (SSSR count). The standard InChI is InChI=1S/C25H35N3O2/c1-20(2)10-15-27-16-13-23(14-17-27)26-25(30)22-11-18-28(19-12-22)24(29)9-8-21-6-4-3-5-7-21/h3-10,22-23H,11-19H2,1-2H3,(H,26,30)/b9-8+. The van der Waals surface area contributed by atoms with Gasteiger partial charge in [-0.1, -0.05) is 42.0 Å². The van der Waals surface area contributed by atoms with Crippen molar-refractivity contribution >= 4 is 17.9 Å². The minimum absolute atomic E-state index is 0.0239. The van der Waals surface area contributed by atoms with Gasteiger partial charge in [0.05, 0.1) is 0 Å². The normalized spacial score (nSPS) is 19.1. The molecule has 0 aliphatic carbocycles. The Balaban J connectivity index is 1.38. The highest BCUT2D eigenvalue weighted by Crippen LogP contribution is 2.19. The molecule has 162 valence electrons. The van der Waals surface area contributed by atoms with E-state index in [9.17, 15) is 9.59 Å². The maximum Gasteiger partial charge on any atom is 0.246 e. The molecule has 0 spiro atoms. The fourth-order valence-electron chi connectivity index (χ4n) is 4.09. The number of allylic oxidation sites excluding steroid dienone is 1. The number of nitrogens with one attached hydrogen (secondary N) is 1. The Labute approximate surface area is 180 Å². The summed E-state index contributed by atoms with van der Waals surface area (Å²) >= 11 is 0. The average Bonchev–Trinajstić information content (AvgIpc) is 2.77. The van der Waals surface area contributed by atoms with Crippen molar-refractivity contribution in [3.05, 3.63) is 53.6 Å². The predicted octanol–water partition coefficient (Wildman–Crippen LogP) is 3.49. The quantitative estimate of drug-likeness (QED) is 0.578. The lowest BCUT2D eigenvalue weighted by Gasteiger charge is -2.34. The van der Waals surface area contributed by atoms with Gasteiger partial charge in [0.25, 0.3) is 0 Å². The van der Waals surface area contributed by atoms with Crippen LogP contribution in [0, 0.1) is 5.92 Å². The van der Waals surface area contributed by atoms with E-state index in [2.05, 4.69) is 30.1 Å². The summed E-state index contributed by atoms with van der Waals surface area (Å²) in [5.41, 5.74) is 2.37. The highest BCUT2D eigenvalue weighted by Gasteiger charge is 2.28. The van der Waals surface area contributed by atoms with Crippen LogP contribution in [0.5, 0.6) is 0 Å². The van der Waals surface area contributed by atoms with Crippen LogP contribution in [0.2, 0.25) is 0 Å². The lowest BCUT2D eigenvalue weighted by atomic mass is 9.94. The van der Waals surface area contributed by atoms with Crippen molar-refractivity contribution in [2.24, 2.45) is 5.92 Å². The fourth-order valence-corrected chi connectivity index (χ4v) is 4.09. The van der Waals surface area contributed by atoms with Gasteiger partial charge in [-0.2, -0.15) is 0 Å². The molecule has 0 atom stereocenters. The fraction of sp³-hybridized carbons (Fsp3) is 0.520. The summed E-state index contributed by atoms with van der Waals surface area (Å²) in [6, 6.07) is 10.1. The number of carbonyl (C=O) groups excluding carboxylic acids is 2. The van der Waals surface area contributed by atoms with Crippen LogP contribution in [0.15, 0.2) is 48.1 Å². The van der Waals surface area contributed by atoms with E-state index in [1.54, 1.807) is 6.08 Å². The van der Waals surface area contributed by atoms with Crippen LogP contribution in [0.1, 0.15) is 45.1 Å². The van der Waals surface area contributed by atoms with Gasteiger partial charge in [-0.05, 0) is 51.2 Å². The smallest absolute Gasteiger partial charge is 0.246 e. The van der Waals surface area contributed by atoms with Gasteiger partial charge in [-0.25, -0.2) is 0 Å². The first-order valence-electron chi connectivity index (χ1n) is 11.2. The van der Waals surface area contributed by atoms with Gasteiger partial charge in [0.15, 0.2) is 0 Å². The van der Waals surface area contributed by atoms with Gasteiger partial charge in [0, 0.05) is 50.8 Å². The summed E-state index contributed by atoms with van der Waals surface area (Å²) in [5.74, 6) is 0.224. The molecule has 30 heavy (non-hydrogen) atoms. The molecule has 2 saturated heterocycles. The Morgan fingerprint density at radius 3 is 2.30 bits per heavy atom. The van der Waals surface area contributed by atoms with Crippen LogP contribution >= 0.6 is 0 Å². The first-order valence-corrected chi connectivity index (χ1v) is 11.2. The molecule has 5 nitrogen and oxygen atoms in total. The molecular weight excluding hydrogens is 374 g/mol. The highest BCUT2D eigenvalue weighted by molar-refractivity contribution is 5.92. The average molecular weight is 410 g/mol. The minimum Gasteiger partial charge on any atom is -0.353 e. The lowest BCUT2D eigenvalue weighted by Crippen LogP contribution is -2.48. The lowest BCUT2D eigenvalue weighted by molar-refractivity contribution is -0.132. The molecule has 0 saturated carbocycles. The third kappa shape index (κ3) is 6.84. The first-order chi connectivity index (χ1) is 14.5. The van der Waals surface area contributed by atoms with Crippen LogP contribution in [0.4, 0.5) is 0 Å². The van der Waals surface area contributed by atoms with Crippen molar-refractivity contribution < 1.29 is 9.59 Å². The minimum atomic E-state index is 0.0239. The molecule has 2 aliphatic rings. The molecule has 2 fully saturated rings. The maximum atomic E-state index is 12.7. The van der Waals surface area contributed by atoms with Gasteiger partial charge >= 0.3 is 0 Å². The van der Waals surface area contributed by atoms with Gasteiger partial charge in [0.1, 0.15) is 0 Å². The molecule has 1 N–H and O–H groups in total. The molecular formula is C25H35N3O2. The number of nitrogens with zero attached hydrogens (tertiary/aromatic N) is 2. The van der Waals surface area contributed by atoms with E-state index in [-0.39, 0.29) is 23.8 Å². The molecule has 0 bridgehead atoms. The van der Waals surface area contributed by atoms with Crippen LogP contribution in [0.25, 0.3) is 6.08 Å². The van der Waals surface area contributed by atoms with Gasteiger partial charge in [-0.15, -0.1) is 0 Å². The third-order valence-corrected chi connectivity index (χ3v) is 6.09. The Kier molecular flexibility index (Phi) is 8.26. The molecule has 0 radical (unpaired) electrons. The van der Waals surface area contributed by atoms with Gasteiger partial charge in [0.2, 0.25) is 11.8 Å². The number of benzene rings is 1. The van der Waals surface area contributed by atoms with E-state index >= 15 is 0 Å². The molecule has 2 heterocycles. The van der Waals surface area contributed by atoms with Crippen molar-refractivity contribution in [1.82, 2.24) is 15.1 Å². The maximum absolute atomic E-state index is 12.7. The Hall–Kier alpha value is -2.40.